The van der Waals surface area contributed by atoms with Gasteiger partial charge in [-0.05, 0) is 54.7 Å². The van der Waals surface area contributed by atoms with Crippen molar-refractivity contribution in [3.8, 4) is 5.69 Å². The van der Waals surface area contributed by atoms with E-state index < -0.39 is 0 Å². The van der Waals surface area contributed by atoms with Crippen LogP contribution in [0, 0.1) is 5.82 Å². The maximum absolute atomic E-state index is 13.5. The molecule has 1 aliphatic carbocycles. The number of anilines is 1. The number of aromatic nitrogens is 2. The van der Waals surface area contributed by atoms with Gasteiger partial charge in [-0.2, -0.15) is 0 Å². The summed E-state index contributed by atoms with van der Waals surface area (Å²) in [6.45, 7) is 0. The molecule has 2 N–H and O–H groups in total. The SMILES string of the molecule is Nc1nc2ccc(F)cc2n1-c1ccc2c(c1)CCC2. The zero-order chi connectivity index (χ0) is 13.7. The third-order valence-electron chi connectivity index (χ3n) is 3.98. The summed E-state index contributed by atoms with van der Waals surface area (Å²) >= 11 is 0. The van der Waals surface area contributed by atoms with E-state index in [4.69, 9.17) is 5.73 Å². The highest BCUT2D eigenvalue weighted by atomic mass is 19.1. The second-order valence-corrected chi connectivity index (χ2v) is 5.25. The van der Waals surface area contributed by atoms with Crippen LogP contribution in [0.2, 0.25) is 0 Å². The van der Waals surface area contributed by atoms with Crippen LogP contribution >= 0.6 is 0 Å². The summed E-state index contributed by atoms with van der Waals surface area (Å²) in [5.74, 6) is 0.114. The van der Waals surface area contributed by atoms with Crippen LogP contribution in [-0.2, 0) is 12.8 Å². The van der Waals surface area contributed by atoms with Gasteiger partial charge in [0.15, 0.2) is 0 Å². The molecule has 0 bridgehead atoms. The molecule has 100 valence electrons. The maximum atomic E-state index is 13.5. The van der Waals surface area contributed by atoms with E-state index in [0.29, 0.717) is 17.0 Å². The standard InChI is InChI=1S/C16H14FN3/c17-12-5-7-14-15(9-12)20(16(18)19-14)13-6-4-10-2-1-3-11(10)8-13/h4-9H,1-3H2,(H2,18,19). The molecule has 1 aliphatic rings. The van der Waals surface area contributed by atoms with Crippen molar-refractivity contribution in [2.45, 2.75) is 19.3 Å². The zero-order valence-corrected chi connectivity index (χ0v) is 10.9. The summed E-state index contributed by atoms with van der Waals surface area (Å²) in [6, 6.07) is 10.9. The molecule has 0 atom stereocenters. The topological polar surface area (TPSA) is 43.8 Å². The fourth-order valence-electron chi connectivity index (χ4n) is 3.04. The van der Waals surface area contributed by atoms with E-state index in [2.05, 4.69) is 17.1 Å². The number of nitrogens with zero attached hydrogens (tertiary/aromatic N) is 2. The third kappa shape index (κ3) is 1.61. The highest BCUT2D eigenvalue weighted by Crippen LogP contribution is 2.28. The second kappa shape index (κ2) is 4.07. The van der Waals surface area contributed by atoms with Gasteiger partial charge in [0.1, 0.15) is 5.82 Å². The van der Waals surface area contributed by atoms with Gasteiger partial charge in [0.2, 0.25) is 5.95 Å². The molecule has 4 rings (SSSR count). The lowest BCUT2D eigenvalue weighted by Gasteiger charge is -2.09. The predicted octanol–water partition coefficient (Wildman–Crippen LogP) is 3.24. The molecule has 0 saturated heterocycles. The molecule has 1 aromatic heterocycles. The summed E-state index contributed by atoms with van der Waals surface area (Å²) in [5.41, 5.74) is 11.2. The highest BCUT2D eigenvalue weighted by Gasteiger charge is 2.15. The molecule has 0 fully saturated rings. The molecule has 3 nitrogen and oxygen atoms in total. The van der Waals surface area contributed by atoms with Gasteiger partial charge in [0.25, 0.3) is 0 Å². The first-order valence-corrected chi connectivity index (χ1v) is 6.78. The lowest BCUT2D eigenvalue weighted by molar-refractivity contribution is 0.629. The van der Waals surface area contributed by atoms with Crippen LogP contribution in [0.1, 0.15) is 17.5 Å². The van der Waals surface area contributed by atoms with E-state index in [-0.39, 0.29) is 5.82 Å². The number of rotatable bonds is 1. The zero-order valence-electron chi connectivity index (χ0n) is 10.9. The van der Waals surface area contributed by atoms with Crippen LogP contribution in [0.25, 0.3) is 16.7 Å². The Kier molecular flexibility index (Phi) is 2.33. The highest BCUT2D eigenvalue weighted by molar-refractivity contribution is 5.81. The largest absolute Gasteiger partial charge is 0.369 e. The molecular weight excluding hydrogens is 253 g/mol. The molecule has 1 heterocycles. The van der Waals surface area contributed by atoms with Gasteiger partial charge in [0.05, 0.1) is 11.0 Å². The molecule has 0 unspecified atom stereocenters. The van der Waals surface area contributed by atoms with E-state index in [1.54, 1.807) is 6.07 Å². The molecule has 0 spiro atoms. The van der Waals surface area contributed by atoms with E-state index >= 15 is 0 Å². The number of nitrogens with two attached hydrogens (primary N) is 1. The summed E-state index contributed by atoms with van der Waals surface area (Å²) in [5, 5.41) is 0. The van der Waals surface area contributed by atoms with Crippen molar-refractivity contribution in [3.05, 3.63) is 53.3 Å². The van der Waals surface area contributed by atoms with E-state index in [1.807, 2.05) is 10.6 Å². The number of hydrogen-bond donors (Lipinski definition) is 1. The Bertz CT molecular complexity index is 820. The second-order valence-electron chi connectivity index (χ2n) is 5.25. The van der Waals surface area contributed by atoms with Crippen LogP contribution < -0.4 is 5.73 Å². The number of nitrogen functional groups attached to an aromatic ring is 1. The molecule has 3 aromatic rings. The summed E-state index contributed by atoms with van der Waals surface area (Å²) < 4.78 is 15.3. The number of benzene rings is 2. The Balaban J connectivity index is 1.97. The van der Waals surface area contributed by atoms with E-state index in [0.717, 1.165) is 18.5 Å². The van der Waals surface area contributed by atoms with Crippen LogP contribution in [-0.4, -0.2) is 9.55 Å². The molecule has 2 aromatic carbocycles. The van der Waals surface area contributed by atoms with Gasteiger partial charge in [-0.1, -0.05) is 6.07 Å². The Hall–Kier alpha value is -2.36. The normalized spacial score (nSPS) is 13.8. The van der Waals surface area contributed by atoms with Gasteiger partial charge >= 0.3 is 0 Å². The first-order valence-electron chi connectivity index (χ1n) is 6.78. The fourth-order valence-corrected chi connectivity index (χ4v) is 3.04. The lowest BCUT2D eigenvalue weighted by atomic mass is 10.1. The number of fused-ring (bicyclic) bond motifs is 2. The molecule has 0 saturated carbocycles. The molecular formula is C16H14FN3. The minimum Gasteiger partial charge on any atom is -0.369 e. The molecule has 20 heavy (non-hydrogen) atoms. The van der Waals surface area contributed by atoms with Gasteiger partial charge in [0, 0.05) is 11.8 Å². The van der Waals surface area contributed by atoms with E-state index in [1.165, 1.54) is 29.7 Å². The average molecular weight is 267 g/mol. The minimum atomic E-state index is -0.278. The molecule has 0 aliphatic heterocycles. The van der Waals surface area contributed by atoms with Crippen molar-refractivity contribution >= 4 is 17.0 Å². The van der Waals surface area contributed by atoms with Crippen LogP contribution in [0.4, 0.5) is 10.3 Å². The van der Waals surface area contributed by atoms with Crippen molar-refractivity contribution in [1.29, 1.82) is 0 Å². The van der Waals surface area contributed by atoms with Crippen molar-refractivity contribution < 1.29 is 4.39 Å². The van der Waals surface area contributed by atoms with Crippen LogP contribution in [0.5, 0.6) is 0 Å². The molecule has 0 amide bonds. The van der Waals surface area contributed by atoms with Gasteiger partial charge in [-0.15, -0.1) is 0 Å². The number of aryl methyl sites for hydroxylation is 2. The number of halogens is 1. The summed E-state index contributed by atoms with van der Waals surface area (Å²) in [6.07, 6.45) is 3.45. The Morgan fingerprint density at radius 3 is 2.80 bits per heavy atom. The maximum Gasteiger partial charge on any atom is 0.205 e. The minimum absolute atomic E-state index is 0.278. The van der Waals surface area contributed by atoms with Crippen molar-refractivity contribution in [2.75, 3.05) is 5.73 Å². The van der Waals surface area contributed by atoms with Crippen molar-refractivity contribution in [3.63, 3.8) is 0 Å². The fraction of sp³-hybridized carbons (Fsp3) is 0.188. The summed E-state index contributed by atoms with van der Waals surface area (Å²) in [4.78, 5) is 4.30. The number of hydrogen-bond acceptors (Lipinski definition) is 2. The lowest BCUT2D eigenvalue weighted by Crippen LogP contribution is -2.01. The quantitative estimate of drug-likeness (QED) is 0.735. The Labute approximate surface area is 115 Å². The van der Waals surface area contributed by atoms with Gasteiger partial charge in [-0.25, -0.2) is 9.37 Å². The Morgan fingerprint density at radius 2 is 1.90 bits per heavy atom. The van der Waals surface area contributed by atoms with Crippen molar-refractivity contribution in [1.82, 2.24) is 9.55 Å². The van der Waals surface area contributed by atoms with Crippen molar-refractivity contribution in [2.24, 2.45) is 0 Å². The van der Waals surface area contributed by atoms with Gasteiger partial charge in [-0.3, -0.25) is 4.57 Å². The molecule has 4 heteroatoms. The first-order chi connectivity index (χ1) is 9.72. The third-order valence-corrected chi connectivity index (χ3v) is 3.98. The summed E-state index contributed by atoms with van der Waals surface area (Å²) in [7, 11) is 0. The predicted molar refractivity (Wildman–Crippen MR) is 77.5 cm³/mol. The smallest absolute Gasteiger partial charge is 0.205 e. The number of imidazole rings is 1. The average Bonchev–Trinajstić information content (AvgIpc) is 3.00. The first kappa shape index (κ1) is 11.5. The van der Waals surface area contributed by atoms with E-state index in [9.17, 15) is 4.39 Å². The van der Waals surface area contributed by atoms with Gasteiger partial charge < -0.3 is 5.73 Å². The molecule has 0 radical (unpaired) electrons. The van der Waals surface area contributed by atoms with Crippen LogP contribution in [0.3, 0.4) is 0 Å². The van der Waals surface area contributed by atoms with Crippen LogP contribution in [0.15, 0.2) is 36.4 Å². The monoisotopic (exact) mass is 267 g/mol. The Morgan fingerprint density at radius 1 is 1.05 bits per heavy atom.